The molecule has 0 saturated carbocycles. The Morgan fingerprint density at radius 3 is 2.69 bits per heavy atom. The molecule has 0 atom stereocenters. The third kappa shape index (κ3) is 3.55. The molecule has 0 unspecified atom stereocenters. The number of nitrogens with zero attached hydrogens (tertiary/aromatic N) is 1. The summed E-state index contributed by atoms with van der Waals surface area (Å²) in [5.74, 6) is 1.11. The Hall–Kier alpha value is -0.890. The molecule has 1 fully saturated rings. The smallest absolute Gasteiger partial charge is 0.234 e. The molecule has 0 aromatic carbocycles. The maximum Gasteiger partial charge on any atom is 0.234 e. The van der Waals surface area contributed by atoms with Crippen molar-refractivity contribution >= 4 is 16.7 Å². The fourth-order valence-electron chi connectivity index (χ4n) is 1.29. The summed E-state index contributed by atoms with van der Waals surface area (Å²) in [7, 11) is -0.696. The van der Waals surface area contributed by atoms with E-state index in [1.165, 1.54) is 0 Å². The summed E-state index contributed by atoms with van der Waals surface area (Å²) in [6, 6.07) is 1.92. The highest BCUT2D eigenvalue weighted by atomic mass is 32.2. The lowest BCUT2D eigenvalue weighted by Gasteiger charge is -2.21. The lowest BCUT2D eigenvalue weighted by molar-refractivity contribution is -0.120. The molecule has 0 spiro atoms. The van der Waals surface area contributed by atoms with Crippen LogP contribution >= 0.6 is 0 Å². The van der Waals surface area contributed by atoms with Crippen molar-refractivity contribution in [2.75, 3.05) is 11.5 Å². The van der Waals surface area contributed by atoms with Gasteiger partial charge in [0, 0.05) is 28.3 Å². The molecule has 0 radical (unpaired) electrons. The summed E-state index contributed by atoms with van der Waals surface area (Å²) < 4.78 is 11.0. The van der Waals surface area contributed by atoms with Crippen molar-refractivity contribution in [1.82, 2.24) is 5.32 Å². The quantitative estimate of drug-likeness (QED) is 0.678. The molecule has 4 nitrogen and oxygen atoms in total. The van der Waals surface area contributed by atoms with Crippen molar-refractivity contribution in [1.29, 1.82) is 5.26 Å². The van der Waals surface area contributed by atoms with E-state index in [4.69, 9.17) is 5.26 Å². The molecule has 1 amide bonds. The number of carbonyl (C=O) groups excluding carboxylic acids is 1. The fraction of sp³-hybridized carbons (Fsp3) is 0.750. The fourth-order valence-corrected chi connectivity index (χ4v) is 2.59. The second kappa shape index (κ2) is 4.97. The second-order valence-corrected chi connectivity index (χ2v) is 4.72. The minimum atomic E-state index is -0.696. The normalized spacial score (nSPS) is 27.6. The van der Waals surface area contributed by atoms with E-state index in [-0.39, 0.29) is 18.4 Å². The van der Waals surface area contributed by atoms with Gasteiger partial charge in [0.2, 0.25) is 5.91 Å². The summed E-state index contributed by atoms with van der Waals surface area (Å²) in [6.45, 7) is 0. The van der Waals surface area contributed by atoms with Crippen molar-refractivity contribution in [2.24, 2.45) is 0 Å². The lowest BCUT2D eigenvalue weighted by atomic mass is 10.1. The average Bonchev–Trinajstić information content (AvgIpc) is 2.09. The molecule has 0 bridgehead atoms. The maximum absolute atomic E-state index is 11.0. The molecule has 72 valence electrons. The van der Waals surface area contributed by atoms with Crippen LogP contribution in [0, 0.1) is 11.3 Å². The van der Waals surface area contributed by atoms with Crippen molar-refractivity contribution in [3.05, 3.63) is 0 Å². The van der Waals surface area contributed by atoms with Gasteiger partial charge in [-0.25, -0.2) is 0 Å². The second-order valence-electron chi connectivity index (χ2n) is 3.02. The van der Waals surface area contributed by atoms with Crippen molar-refractivity contribution in [3.63, 3.8) is 0 Å². The van der Waals surface area contributed by atoms with Gasteiger partial charge < -0.3 is 5.32 Å². The Balaban J connectivity index is 2.27. The number of nitrogens with one attached hydrogen (secondary N) is 1. The summed E-state index contributed by atoms with van der Waals surface area (Å²) in [4.78, 5) is 11.0. The molecule has 1 heterocycles. The van der Waals surface area contributed by atoms with Gasteiger partial charge in [-0.2, -0.15) is 5.26 Å². The zero-order valence-corrected chi connectivity index (χ0v) is 8.10. The van der Waals surface area contributed by atoms with Crippen LogP contribution in [0.2, 0.25) is 0 Å². The van der Waals surface area contributed by atoms with Crippen LogP contribution in [-0.4, -0.2) is 27.7 Å². The highest BCUT2D eigenvalue weighted by molar-refractivity contribution is 7.85. The van der Waals surface area contributed by atoms with E-state index in [9.17, 15) is 9.00 Å². The molecule has 1 aliphatic rings. The predicted octanol–water partition coefficient (Wildman–Crippen LogP) is -0.0726. The molecule has 5 heteroatoms. The summed E-state index contributed by atoms with van der Waals surface area (Å²) in [5.41, 5.74) is 0. The number of amides is 1. The van der Waals surface area contributed by atoms with Gasteiger partial charge in [-0.05, 0) is 12.8 Å². The predicted molar refractivity (Wildman–Crippen MR) is 49.3 cm³/mol. The van der Waals surface area contributed by atoms with Crippen molar-refractivity contribution in [3.8, 4) is 6.07 Å². The molecule has 1 rings (SSSR count). The molecular weight excluding hydrogens is 188 g/mol. The number of nitriles is 1. The number of carbonyl (C=O) groups is 1. The summed E-state index contributed by atoms with van der Waals surface area (Å²) >= 11 is 0. The Morgan fingerprint density at radius 2 is 2.15 bits per heavy atom. The van der Waals surface area contributed by atoms with E-state index in [2.05, 4.69) is 5.32 Å². The first-order valence-corrected chi connectivity index (χ1v) is 5.72. The largest absolute Gasteiger partial charge is 0.352 e. The first-order valence-electron chi connectivity index (χ1n) is 4.23. The third-order valence-corrected chi connectivity index (χ3v) is 3.37. The topological polar surface area (TPSA) is 70.0 Å². The minimum Gasteiger partial charge on any atom is -0.352 e. The van der Waals surface area contributed by atoms with E-state index < -0.39 is 10.8 Å². The molecule has 1 saturated heterocycles. The molecule has 0 aromatic rings. The summed E-state index contributed by atoms with van der Waals surface area (Å²) in [5, 5.41) is 11.0. The maximum atomic E-state index is 11.0. The minimum absolute atomic E-state index is 0.0837. The molecule has 0 aromatic heterocycles. The van der Waals surface area contributed by atoms with E-state index in [1.54, 1.807) is 6.07 Å². The van der Waals surface area contributed by atoms with Gasteiger partial charge in [0.25, 0.3) is 0 Å². The Kier molecular flexibility index (Phi) is 3.90. The molecule has 0 aliphatic carbocycles. The van der Waals surface area contributed by atoms with Crippen LogP contribution in [0.3, 0.4) is 0 Å². The van der Waals surface area contributed by atoms with Crippen LogP contribution in [0.5, 0.6) is 0 Å². The SMILES string of the molecule is N#CCC(=O)NC1CCS(=O)CC1. The third-order valence-electron chi connectivity index (χ3n) is 1.99. The highest BCUT2D eigenvalue weighted by Gasteiger charge is 2.18. The zero-order valence-electron chi connectivity index (χ0n) is 7.28. The monoisotopic (exact) mass is 200 g/mol. The molecule has 1 aliphatic heterocycles. The first-order chi connectivity index (χ1) is 6.22. The summed E-state index contributed by atoms with van der Waals surface area (Å²) in [6.07, 6.45) is 1.45. The Labute approximate surface area is 79.8 Å². The van der Waals surface area contributed by atoms with Gasteiger partial charge in [-0.15, -0.1) is 0 Å². The first kappa shape index (κ1) is 10.2. The van der Waals surface area contributed by atoms with E-state index in [0.717, 1.165) is 12.8 Å². The molecular formula is C8H12N2O2S. The average molecular weight is 200 g/mol. The van der Waals surface area contributed by atoms with E-state index in [0.29, 0.717) is 11.5 Å². The van der Waals surface area contributed by atoms with Gasteiger partial charge in [0.05, 0.1) is 6.07 Å². The van der Waals surface area contributed by atoms with Crippen LogP contribution in [0.15, 0.2) is 0 Å². The van der Waals surface area contributed by atoms with Gasteiger partial charge in [0.15, 0.2) is 0 Å². The zero-order chi connectivity index (χ0) is 9.68. The van der Waals surface area contributed by atoms with Crippen molar-refractivity contribution < 1.29 is 9.00 Å². The van der Waals surface area contributed by atoms with Crippen LogP contribution in [0.25, 0.3) is 0 Å². The highest BCUT2D eigenvalue weighted by Crippen LogP contribution is 2.08. The van der Waals surface area contributed by atoms with Crippen molar-refractivity contribution in [2.45, 2.75) is 25.3 Å². The van der Waals surface area contributed by atoms with Crippen LogP contribution in [0.1, 0.15) is 19.3 Å². The Bertz CT molecular complexity index is 249. The lowest BCUT2D eigenvalue weighted by Crippen LogP contribution is -2.39. The standard InChI is InChI=1S/C8H12N2O2S/c9-4-1-8(11)10-7-2-5-13(12)6-3-7/h7H,1-3,5-6H2,(H,10,11). The Morgan fingerprint density at radius 1 is 1.54 bits per heavy atom. The molecule has 13 heavy (non-hydrogen) atoms. The van der Waals surface area contributed by atoms with Crippen LogP contribution < -0.4 is 5.32 Å². The molecule has 1 N–H and O–H groups in total. The van der Waals surface area contributed by atoms with Gasteiger partial charge >= 0.3 is 0 Å². The van der Waals surface area contributed by atoms with Gasteiger partial charge in [-0.1, -0.05) is 0 Å². The number of rotatable bonds is 2. The van der Waals surface area contributed by atoms with Crippen LogP contribution in [0.4, 0.5) is 0 Å². The number of hydrogen-bond acceptors (Lipinski definition) is 3. The van der Waals surface area contributed by atoms with Gasteiger partial charge in [-0.3, -0.25) is 9.00 Å². The van der Waals surface area contributed by atoms with E-state index in [1.807, 2.05) is 0 Å². The van der Waals surface area contributed by atoms with Crippen LogP contribution in [-0.2, 0) is 15.6 Å². The van der Waals surface area contributed by atoms with E-state index >= 15 is 0 Å². The van der Waals surface area contributed by atoms with Gasteiger partial charge in [0.1, 0.15) is 6.42 Å². The number of hydrogen-bond donors (Lipinski definition) is 1.